The fraction of sp³-hybridized carbons (Fsp3) is 0. The minimum atomic E-state index is -1.75. The van der Waals surface area contributed by atoms with E-state index in [1.807, 2.05) is 0 Å². The van der Waals surface area contributed by atoms with Crippen LogP contribution in [0.25, 0.3) is 0 Å². The molecule has 0 amide bonds. The van der Waals surface area contributed by atoms with E-state index >= 15 is 0 Å². The molecule has 0 saturated heterocycles. The van der Waals surface area contributed by atoms with Gasteiger partial charge in [0, 0.05) is 0 Å². The van der Waals surface area contributed by atoms with Crippen LogP contribution in [0.5, 0.6) is 0 Å². The summed E-state index contributed by atoms with van der Waals surface area (Å²) in [6.07, 6.45) is 0. The molecule has 52 valence electrons. The van der Waals surface area contributed by atoms with Crippen LogP contribution in [-0.4, -0.2) is 5.09 Å². The van der Waals surface area contributed by atoms with Gasteiger partial charge in [0.2, 0.25) is 0 Å². The predicted molar refractivity (Wildman–Crippen MR) is 19.5 cm³/mol. The minimum absolute atomic E-state index is 0. The molecular formula is CuN2O5-. The third kappa shape index (κ3) is 112. The number of nitrogens with zero attached hydrogens (tertiary/aromatic N) is 2. The Balaban J connectivity index is -0.0000000575. The maximum atomic E-state index is 8.25. The zero-order valence-corrected chi connectivity index (χ0v) is 4.18. The Morgan fingerprint density at radius 2 is 1.38 bits per heavy atom. The van der Waals surface area contributed by atoms with Crippen molar-refractivity contribution in [3.63, 3.8) is 0 Å². The maximum absolute atomic E-state index is 8.25. The van der Waals surface area contributed by atoms with Crippen LogP contribution in [0, 0.1) is 25.4 Å². The minimum Gasteiger partial charge on any atom is -0.444 e. The number of hydrogen-bond acceptors (Lipinski definition) is 6. The molecule has 0 bridgehead atoms. The zero-order chi connectivity index (χ0) is 6.28. The van der Waals surface area contributed by atoms with Gasteiger partial charge >= 0.3 is 17.1 Å². The van der Waals surface area contributed by atoms with Gasteiger partial charge in [-0.2, -0.15) is 0 Å². The Morgan fingerprint density at radius 3 is 1.38 bits per heavy atom. The largest absolute Gasteiger partial charge is 1.00 e. The summed E-state index contributed by atoms with van der Waals surface area (Å²) in [6, 6.07) is 0. The molecule has 0 aromatic rings. The molecule has 0 aromatic heterocycles. The van der Waals surface area contributed by atoms with Crippen molar-refractivity contribution in [1.29, 1.82) is 0 Å². The molecular weight excluding hydrogens is 172 g/mol. The third-order valence-corrected chi connectivity index (χ3v) is 0. The van der Waals surface area contributed by atoms with Gasteiger partial charge in [-0.05, 0) is 0 Å². The monoisotopic (exact) mass is 171 g/mol. The molecule has 7 nitrogen and oxygen atoms in total. The standard InChI is InChI=1S/Cu.NO3.HNO2/c;2-1(3)4;2-1-3/h;;(H,2,3)/q+1;-1;/p-1. The summed E-state index contributed by atoms with van der Waals surface area (Å²) < 4.78 is 0. The first kappa shape index (κ1) is 15.7. The molecule has 0 rings (SSSR count). The number of hydrogen-bond donors (Lipinski definition) is 0. The fourth-order valence-electron chi connectivity index (χ4n) is 0. The molecule has 8 heavy (non-hydrogen) atoms. The van der Waals surface area contributed by atoms with E-state index in [-0.39, 0.29) is 17.1 Å². The van der Waals surface area contributed by atoms with Gasteiger partial charge < -0.3 is 25.4 Å². The van der Waals surface area contributed by atoms with Crippen LogP contribution in [0.4, 0.5) is 0 Å². The SMILES string of the molecule is O=N[O-].O=[N+]([O-])[O-].[Cu+]. The summed E-state index contributed by atoms with van der Waals surface area (Å²) in [6.45, 7) is 0. The molecule has 0 aliphatic rings. The maximum Gasteiger partial charge on any atom is 1.00 e. The van der Waals surface area contributed by atoms with Gasteiger partial charge in [-0.25, -0.2) is 0 Å². The Hall–Kier alpha value is -0.881. The van der Waals surface area contributed by atoms with E-state index in [1.54, 1.807) is 0 Å². The van der Waals surface area contributed by atoms with Gasteiger partial charge in [0.1, 0.15) is 0 Å². The molecule has 0 aliphatic heterocycles. The first-order valence-corrected chi connectivity index (χ1v) is 0.913. The summed E-state index contributed by atoms with van der Waals surface area (Å²) in [7, 11) is 0. The summed E-state index contributed by atoms with van der Waals surface area (Å²) in [5.41, 5.74) is 0. The Kier molecular flexibility index (Phi) is 32.4. The van der Waals surface area contributed by atoms with Crippen molar-refractivity contribution in [3.05, 3.63) is 25.4 Å². The summed E-state index contributed by atoms with van der Waals surface area (Å²) in [5, 5.41) is 23.8. The van der Waals surface area contributed by atoms with E-state index in [0.29, 0.717) is 0 Å². The van der Waals surface area contributed by atoms with Crippen LogP contribution in [-0.2, 0) is 17.1 Å². The van der Waals surface area contributed by atoms with Crippen molar-refractivity contribution in [2.45, 2.75) is 0 Å². The predicted octanol–water partition coefficient (Wildman–Crippen LogP) is 0.00900. The second kappa shape index (κ2) is 16.5. The normalized spacial score (nSPS) is 4.50. The van der Waals surface area contributed by atoms with Crippen LogP contribution in [0.2, 0.25) is 0 Å². The van der Waals surface area contributed by atoms with Crippen LogP contribution < -0.4 is 0 Å². The number of rotatable bonds is 0. The zero-order valence-electron chi connectivity index (χ0n) is 3.24. The van der Waals surface area contributed by atoms with Gasteiger partial charge in [0.25, 0.3) is 0 Å². The van der Waals surface area contributed by atoms with E-state index < -0.39 is 5.09 Å². The van der Waals surface area contributed by atoms with Crippen molar-refractivity contribution in [2.24, 2.45) is 5.34 Å². The van der Waals surface area contributed by atoms with E-state index in [0.717, 1.165) is 5.34 Å². The molecule has 0 spiro atoms. The molecule has 0 unspecified atom stereocenters. The Bertz CT molecular complexity index is 57.4. The Morgan fingerprint density at radius 1 is 1.38 bits per heavy atom. The molecule has 8 heteroatoms. The van der Waals surface area contributed by atoms with Crippen LogP contribution in [0.1, 0.15) is 0 Å². The van der Waals surface area contributed by atoms with Crippen molar-refractivity contribution in [2.75, 3.05) is 0 Å². The van der Waals surface area contributed by atoms with Crippen molar-refractivity contribution >= 4 is 0 Å². The first-order chi connectivity index (χ1) is 3.15. The summed E-state index contributed by atoms with van der Waals surface area (Å²) in [5.74, 6) is 0. The topological polar surface area (TPSA) is 119 Å². The second-order valence-corrected chi connectivity index (χ2v) is 0.298. The van der Waals surface area contributed by atoms with Crippen LogP contribution in [0.3, 0.4) is 0 Å². The first-order valence-electron chi connectivity index (χ1n) is 0.913. The molecule has 0 aromatic carbocycles. The van der Waals surface area contributed by atoms with Gasteiger partial charge in [-0.1, -0.05) is 0 Å². The second-order valence-electron chi connectivity index (χ2n) is 0.298. The molecule has 0 aliphatic carbocycles. The van der Waals surface area contributed by atoms with E-state index in [1.165, 1.54) is 0 Å². The van der Waals surface area contributed by atoms with E-state index in [4.69, 9.17) is 25.4 Å². The molecule has 0 fully saturated rings. The fourth-order valence-corrected chi connectivity index (χ4v) is 0. The van der Waals surface area contributed by atoms with Crippen molar-refractivity contribution in [1.82, 2.24) is 0 Å². The molecule has 0 radical (unpaired) electrons. The molecule has 0 saturated carbocycles. The quantitative estimate of drug-likeness (QED) is 0.220. The average molecular weight is 172 g/mol. The van der Waals surface area contributed by atoms with Crippen LogP contribution in [0.15, 0.2) is 5.34 Å². The molecule has 0 N–H and O–H groups in total. The Labute approximate surface area is 53.8 Å². The molecule has 0 atom stereocenters. The van der Waals surface area contributed by atoms with E-state index in [9.17, 15) is 0 Å². The van der Waals surface area contributed by atoms with E-state index in [2.05, 4.69) is 0 Å². The van der Waals surface area contributed by atoms with Gasteiger partial charge in [0.15, 0.2) is 0 Å². The smallest absolute Gasteiger partial charge is 0.444 e. The molecule has 0 heterocycles. The van der Waals surface area contributed by atoms with Gasteiger partial charge in [0.05, 0.1) is 5.09 Å². The average Bonchev–Trinajstić information content (AvgIpc) is 1.33. The van der Waals surface area contributed by atoms with Crippen molar-refractivity contribution < 1.29 is 22.2 Å². The van der Waals surface area contributed by atoms with Gasteiger partial charge in [-0.15, -0.1) is 5.34 Å². The van der Waals surface area contributed by atoms with Crippen molar-refractivity contribution in [3.8, 4) is 0 Å². The van der Waals surface area contributed by atoms with Crippen LogP contribution >= 0.6 is 0 Å². The summed E-state index contributed by atoms with van der Waals surface area (Å²) >= 11 is 0. The summed E-state index contributed by atoms with van der Waals surface area (Å²) in [4.78, 5) is 16.2. The third-order valence-electron chi connectivity index (χ3n) is 0. The van der Waals surface area contributed by atoms with Gasteiger partial charge in [-0.3, -0.25) is 0 Å².